The second kappa shape index (κ2) is 22.0. The van der Waals surface area contributed by atoms with E-state index in [1.807, 2.05) is 0 Å². The van der Waals surface area contributed by atoms with Gasteiger partial charge in [0.15, 0.2) is 5.96 Å². The molecule has 0 saturated carbocycles. The van der Waals surface area contributed by atoms with Crippen molar-refractivity contribution in [1.29, 1.82) is 0 Å². The number of aromatic nitrogens is 2. The lowest BCUT2D eigenvalue weighted by molar-refractivity contribution is -0.148. The van der Waals surface area contributed by atoms with Crippen LogP contribution in [0.25, 0.3) is 0 Å². The summed E-state index contributed by atoms with van der Waals surface area (Å²) in [5.41, 5.74) is 17.1. The number of rotatable bonds is 21. The Kier molecular flexibility index (Phi) is 17.8. The molecule has 0 aliphatic carbocycles. The van der Waals surface area contributed by atoms with Gasteiger partial charge in [0.25, 0.3) is 0 Å². The standard InChI is InChI=1S/C36H60N12O10/c1-18(2)14-24(35(57)58)45-29(51)22(8-5-11-41-36(38)39)43-30(52)23(15-21-16-40-17-42-21)44-32(54)28(20(4)50)46-31(53)25-9-6-12-47(25)33(55)26-10-7-13-48(26)34(56)27(37)19(3)49/h16-20,22-28,49-50H,5-15,37H2,1-4H3,(H,40,42)(H,43,52)(H,44,54)(H,45,51)(H,46,53)(H,57,58)(H4,38,39,41)/t19-,20-,22+,23+,24+,25+,26+,27+,28+/m1/s1. The van der Waals surface area contributed by atoms with Crippen molar-refractivity contribution in [1.82, 2.24) is 41.0 Å². The zero-order chi connectivity index (χ0) is 43.3. The molecule has 324 valence electrons. The second-order valence-corrected chi connectivity index (χ2v) is 15.3. The van der Waals surface area contributed by atoms with Crippen molar-refractivity contribution >= 4 is 47.4 Å². The third kappa shape index (κ3) is 13.4. The molecule has 0 unspecified atom stereocenters. The number of nitrogens with zero attached hydrogens (tertiary/aromatic N) is 4. The van der Waals surface area contributed by atoms with Gasteiger partial charge in [0.1, 0.15) is 42.3 Å². The molecule has 0 radical (unpaired) electrons. The van der Waals surface area contributed by atoms with E-state index >= 15 is 0 Å². The van der Waals surface area contributed by atoms with Crippen LogP contribution in [0.5, 0.6) is 0 Å². The second-order valence-electron chi connectivity index (χ2n) is 15.3. The summed E-state index contributed by atoms with van der Waals surface area (Å²) in [6.45, 7) is 6.75. The number of aliphatic hydroxyl groups is 2. The summed E-state index contributed by atoms with van der Waals surface area (Å²) < 4.78 is 0. The number of nitrogens with one attached hydrogen (secondary N) is 5. The fourth-order valence-electron chi connectivity index (χ4n) is 6.93. The SMILES string of the molecule is CC(C)C[C@H](NC(=O)[C@H](CCCN=C(N)N)NC(=O)[C@H](Cc1cnc[nH]1)NC(=O)[C@@H](NC(=O)[C@@H]1CCCN1C(=O)[C@@H]1CCCN1C(=O)[C@@H](N)[C@@H](C)O)[C@@H](C)O)C(=O)O. The van der Waals surface area contributed by atoms with E-state index in [2.05, 4.69) is 36.2 Å². The third-order valence-corrected chi connectivity index (χ3v) is 10.0. The van der Waals surface area contributed by atoms with E-state index in [4.69, 9.17) is 17.2 Å². The van der Waals surface area contributed by atoms with Gasteiger partial charge in [-0.3, -0.25) is 33.8 Å². The Morgan fingerprint density at radius 2 is 1.47 bits per heavy atom. The highest BCUT2D eigenvalue weighted by Crippen LogP contribution is 2.26. The van der Waals surface area contributed by atoms with Gasteiger partial charge in [-0.2, -0.15) is 0 Å². The lowest BCUT2D eigenvalue weighted by Gasteiger charge is -2.33. The van der Waals surface area contributed by atoms with Crippen LogP contribution in [-0.2, 0) is 40.0 Å². The quantitative estimate of drug-likeness (QED) is 0.0322. The Bertz CT molecular complexity index is 1620. The van der Waals surface area contributed by atoms with Crippen molar-refractivity contribution in [2.24, 2.45) is 28.1 Å². The topological polar surface area (TPSA) is 354 Å². The van der Waals surface area contributed by atoms with E-state index in [0.717, 1.165) is 0 Å². The van der Waals surface area contributed by atoms with Crippen LogP contribution in [0.2, 0.25) is 0 Å². The number of carboxylic acid groups (broad SMARTS) is 1. The van der Waals surface area contributed by atoms with Gasteiger partial charge in [-0.05, 0) is 64.7 Å². The third-order valence-electron chi connectivity index (χ3n) is 10.0. The lowest BCUT2D eigenvalue weighted by atomic mass is 10.0. The smallest absolute Gasteiger partial charge is 0.326 e. The molecule has 1 aromatic rings. The normalized spacial score (nSPS) is 20.2. The average Bonchev–Trinajstić information content (AvgIpc) is 3.96. The number of hydrogen-bond donors (Lipinski definition) is 11. The van der Waals surface area contributed by atoms with E-state index in [-0.39, 0.29) is 63.6 Å². The maximum Gasteiger partial charge on any atom is 0.326 e. The number of aliphatic imine (C=N–C) groups is 1. The lowest BCUT2D eigenvalue weighted by Crippen LogP contribution is -2.61. The number of carbonyl (C=O) groups is 7. The van der Waals surface area contributed by atoms with Crippen LogP contribution in [0, 0.1) is 5.92 Å². The van der Waals surface area contributed by atoms with Crippen LogP contribution in [-0.4, -0.2) is 157 Å². The van der Waals surface area contributed by atoms with E-state index in [0.29, 0.717) is 25.0 Å². The number of aliphatic hydroxyl groups excluding tert-OH is 2. The van der Waals surface area contributed by atoms with Crippen LogP contribution in [0.3, 0.4) is 0 Å². The van der Waals surface area contributed by atoms with Crippen LogP contribution in [0.1, 0.15) is 78.3 Å². The molecule has 3 heterocycles. The fraction of sp³-hybridized carbons (Fsp3) is 0.694. The number of carbonyl (C=O) groups excluding carboxylic acids is 6. The Morgan fingerprint density at radius 1 is 0.862 bits per heavy atom. The number of likely N-dealkylation sites (tertiary alicyclic amines) is 2. The minimum absolute atomic E-state index is 0.0177. The highest BCUT2D eigenvalue weighted by atomic mass is 16.4. The number of imidazole rings is 1. The number of nitrogens with two attached hydrogens (primary N) is 3. The van der Waals surface area contributed by atoms with Crippen molar-refractivity contribution in [2.45, 2.75) is 134 Å². The number of H-pyrrole nitrogens is 1. The number of amides is 6. The maximum absolute atomic E-state index is 13.9. The predicted octanol–water partition coefficient (Wildman–Crippen LogP) is -3.85. The van der Waals surface area contributed by atoms with Crippen LogP contribution in [0.4, 0.5) is 0 Å². The highest BCUT2D eigenvalue weighted by Gasteiger charge is 2.44. The summed E-state index contributed by atoms with van der Waals surface area (Å²) in [6, 6.07) is -8.73. The van der Waals surface area contributed by atoms with E-state index in [9.17, 15) is 48.9 Å². The van der Waals surface area contributed by atoms with Gasteiger partial charge in [0.2, 0.25) is 35.4 Å². The van der Waals surface area contributed by atoms with Gasteiger partial charge in [-0.1, -0.05) is 13.8 Å². The summed E-state index contributed by atoms with van der Waals surface area (Å²) in [5, 5.41) is 40.4. The number of aliphatic carboxylic acids is 1. The highest BCUT2D eigenvalue weighted by molar-refractivity contribution is 5.97. The van der Waals surface area contributed by atoms with Crippen LogP contribution in [0.15, 0.2) is 17.5 Å². The summed E-state index contributed by atoms with van der Waals surface area (Å²) >= 11 is 0. The maximum atomic E-state index is 13.9. The van der Waals surface area contributed by atoms with E-state index < -0.39 is 95.9 Å². The van der Waals surface area contributed by atoms with E-state index in [1.54, 1.807) is 13.8 Å². The Hall–Kier alpha value is -5.35. The summed E-state index contributed by atoms with van der Waals surface area (Å²) in [7, 11) is 0. The molecule has 0 spiro atoms. The van der Waals surface area contributed by atoms with Crippen molar-refractivity contribution in [3.63, 3.8) is 0 Å². The number of guanidine groups is 1. The van der Waals surface area contributed by atoms with Crippen LogP contribution < -0.4 is 38.5 Å². The average molecular weight is 821 g/mol. The fourth-order valence-corrected chi connectivity index (χ4v) is 6.93. The number of carboxylic acids is 1. The van der Waals surface area contributed by atoms with Gasteiger partial charge in [-0.25, -0.2) is 9.78 Å². The van der Waals surface area contributed by atoms with Gasteiger partial charge in [0.05, 0.1) is 18.5 Å². The Labute approximate surface area is 336 Å². The first kappa shape index (κ1) is 47.0. The zero-order valence-electron chi connectivity index (χ0n) is 33.4. The minimum Gasteiger partial charge on any atom is -0.480 e. The Morgan fingerprint density at radius 3 is 2.03 bits per heavy atom. The largest absolute Gasteiger partial charge is 0.480 e. The minimum atomic E-state index is -1.61. The monoisotopic (exact) mass is 820 g/mol. The molecular formula is C36H60N12O10. The van der Waals surface area contributed by atoms with Gasteiger partial charge >= 0.3 is 5.97 Å². The molecule has 2 aliphatic heterocycles. The first-order valence-electron chi connectivity index (χ1n) is 19.5. The Balaban J connectivity index is 1.80. The molecular weight excluding hydrogens is 760 g/mol. The number of aromatic amines is 1. The molecule has 0 bridgehead atoms. The predicted molar refractivity (Wildman–Crippen MR) is 208 cm³/mol. The molecule has 58 heavy (non-hydrogen) atoms. The van der Waals surface area contributed by atoms with Crippen molar-refractivity contribution < 1.29 is 48.9 Å². The molecule has 22 nitrogen and oxygen atoms in total. The molecule has 2 aliphatic rings. The van der Waals surface area contributed by atoms with Crippen molar-refractivity contribution in [3.05, 3.63) is 18.2 Å². The molecule has 9 atom stereocenters. The molecule has 1 aromatic heterocycles. The molecule has 14 N–H and O–H groups in total. The molecule has 0 aromatic carbocycles. The molecule has 3 rings (SSSR count). The molecule has 22 heteroatoms. The van der Waals surface area contributed by atoms with E-state index in [1.165, 1.54) is 36.2 Å². The molecule has 2 fully saturated rings. The van der Waals surface area contributed by atoms with Gasteiger partial charge < -0.3 is 68.6 Å². The first-order chi connectivity index (χ1) is 27.3. The van der Waals surface area contributed by atoms with Gasteiger partial charge in [0, 0.05) is 37.9 Å². The number of hydrogen-bond acceptors (Lipinski definition) is 12. The van der Waals surface area contributed by atoms with Crippen molar-refractivity contribution in [3.8, 4) is 0 Å². The van der Waals surface area contributed by atoms with Crippen molar-refractivity contribution in [2.75, 3.05) is 19.6 Å². The van der Waals surface area contributed by atoms with Crippen LogP contribution >= 0.6 is 0 Å². The summed E-state index contributed by atoms with van der Waals surface area (Å²) in [6.07, 6.45) is 1.78. The summed E-state index contributed by atoms with van der Waals surface area (Å²) in [4.78, 5) is 107. The first-order valence-corrected chi connectivity index (χ1v) is 19.5. The molecule has 6 amide bonds. The van der Waals surface area contributed by atoms with Gasteiger partial charge in [-0.15, -0.1) is 0 Å². The zero-order valence-corrected chi connectivity index (χ0v) is 33.4. The summed E-state index contributed by atoms with van der Waals surface area (Å²) in [5.74, 6) is -5.95. The molecule has 2 saturated heterocycles.